The Kier molecular flexibility index (Phi) is 6.32. The van der Waals surface area contributed by atoms with E-state index in [2.05, 4.69) is 0 Å². The summed E-state index contributed by atoms with van der Waals surface area (Å²) in [7, 11) is 0. The maximum atomic E-state index is 12.8. The van der Waals surface area contributed by atoms with Crippen LogP contribution in [0.15, 0.2) is 24.3 Å². The molecule has 0 spiro atoms. The van der Waals surface area contributed by atoms with Crippen LogP contribution in [0.25, 0.3) is 0 Å². The molecule has 0 amide bonds. The van der Waals surface area contributed by atoms with Crippen LogP contribution in [0.2, 0.25) is 0 Å². The molecule has 2 unspecified atom stereocenters. The van der Waals surface area contributed by atoms with E-state index in [9.17, 15) is 65.8 Å². The van der Waals surface area contributed by atoms with E-state index in [0.717, 1.165) is 0 Å². The van der Waals surface area contributed by atoms with E-state index in [-0.39, 0.29) is 0 Å². The largest absolute Gasteiger partial charge is 0.504 e. The van der Waals surface area contributed by atoms with Crippen LogP contribution in [0.4, 0.5) is 0 Å². The number of hydrogen-bond acceptors (Lipinski definition) is 14. The Bertz CT molecular complexity index is 1100. The van der Waals surface area contributed by atoms with Crippen LogP contribution in [0.1, 0.15) is 20.7 Å². The second kappa shape index (κ2) is 8.60. The van der Waals surface area contributed by atoms with Crippen molar-refractivity contribution in [3.8, 4) is 34.5 Å². The number of rotatable bonds is 5. The highest BCUT2D eigenvalue weighted by atomic mass is 16.7. The number of aromatic hydroxyl groups is 6. The Balaban J connectivity index is 1.98. The van der Waals surface area contributed by atoms with Crippen LogP contribution in [-0.4, -0.2) is 104 Å². The fourth-order valence-electron chi connectivity index (χ4n) is 3.41. The molecule has 3 rings (SSSR count). The van der Waals surface area contributed by atoms with Crippen molar-refractivity contribution in [1.82, 2.24) is 0 Å². The summed E-state index contributed by atoms with van der Waals surface area (Å²) in [5, 5.41) is 109. The van der Waals surface area contributed by atoms with Crippen LogP contribution in [0.5, 0.6) is 34.5 Å². The van der Waals surface area contributed by atoms with E-state index in [1.165, 1.54) is 0 Å². The summed E-state index contributed by atoms with van der Waals surface area (Å²) in [5.41, 5.74) is -1.36. The molecule has 14 nitrogen and oxygen atoms in total. The molecule has 0 radical (unpaired) electrons. The minimum atomic E-state index is -3.44. The van der Waals surface area contributed by atoms with Crippen molar-refractivity contribution in [2.24, 2.45) is 0 Å². The maximum Gasteiger partial charge on any atom is 0.261 e. The van der Waals surface area contributed by atoms with Crippen LogP contribution >= 0.6 is 0 Å². The van der Waals surface area contributed by atoms with Crippen LogP contribution in [0, 0.1) is 0 Å². The Morgan fingerprint density at radius 1 is 0.765 bits per heavy atom. The number of phenolic OH excluding ortho intramolecular Hbond substituents is 6. The first-order valence-electron chi connectivity index (χ1n) is 9.42. The summed E-state index contributed by atoms with van der Waals surface area (Å²) in [6.45, 7) is 0. The predicted octanol–water partition coefficient (Wildman–Crippen LogP) is -2.48. The molecule has 0 aromatic heterocycles. The lowest BCUT2D eigenvalue weighted by atomic mass is 9.85. The van der Waals surface area contributed by atoms with Gasteiger partial charge >= 0.3 is 0 Å². The van der Waals surface area contributed by atoms with Crippen LogP contribution in [-0.2, 0) is 4.74 Å². The van der Waals surface area contributed by atoms with Gasteiger partial charge in [-0.25, -0.2) is 0 Å². The number of carbonyl (C=O) groups is 2. The van der Waals surface area contributed by atoms with Gasteiger partial charge in [-0.05, 0) is 24.3 Å². The number of ether oxygens (including phenoxy) is 1. The number of aliphatic hydroxyl groups is 5. The lowest BCUT2D eigenvalue weighted by Crippen LogP contribution is -2.70. The Labute approximate surface area is 189 Å². The standard InChI is InChI=1S/C20H20O14/c21-7-1-5(2-8(22)12(7)26)11(25)14(28)17-15(29)16(30)19(32)20(33,34-17)18(31)6-3-9(23)13(27)10(24)4-6/h1-4,14-17,19,21-24,26-30,32-33H/t14?,15-,16-,17+,19+,20?/m0/s1. The van der Waals surface area contributed by atoms with Gasteiger partial charge in [0.15, 0.2) is 40.3 Å². The molecule has 11 N–H and O–H groups in total. The van der Waals surface area contributed by atoms with Gasteiger partial charge in [0.05, 0.1) is 0 Å². The lowest BCUT2D eigenvalue weighted by molar-refractivity contribution is -0.327. The fourth-order valence-corrected chi connectivity index (χ4v) is 3.41. The quantitative estimate of drug-likeness (QED) is 0.155. The third-order valence-corrected chi connectivity index (χ3v) is 5.32. The number of aliphatic hydroxyl groups excluding tert-OH is 4. The second-order valence-electron chi connectivity index (χ2n) is 7.57. The van der Waals surface area contributed by atoms with Crippen molar-refractivity contribution in [1.29, 1.82) is 0 Å². The van der Waals surface area contributed by atoms with Crippen molar-refractivity contribution in [2.45, 2.75) is 36.3 Å². The molecule has 34 heavy (non-hydrogen) atoms. The van der Waals surface area contributed by atoms with Crippen molar-refractivity contribution in [3.05, 3.63) is 35.4 Å². The van der Waals surface area contributed by atoms with Crippen LogP contribution < -0.4 is 0 Å². The summed E-state index contributed by atoms with van der Waals surface area (Å²) >= 11 is 0. The topological polar surface area (TPSA) is 266 Å². The molecule has 0 saturated carbocycles. The maximum absolute atomic E-state index is 12.8. The zero-order valence-corrected chi connectivity index (χ0v) is 16.8. The number of phenols is 6. The highest BCUT2D eigenvalue weighted by Crippen LogP contribution is 2.40. The fraction of sp³-hybridized carbons (Fsp3) is 0.300. The molecule has 14 heteroatoms. The average molecular weight is 484 g/mol. The van der Waals surface area contributed by atoms with E-state index in [1.807, 2.05) is 0 Å². The molecule has 2 aromatic rings. The van der Waals surface area contributed by atoms with Gasteiger partial charge in [0.1, 0.15) is 30.5 Å². The summed E-state index contributed by atoms with van der Waals surface area (Å²) in [6.07, 6.45) is -12.0. The van der Waals surface area contributed by atoms with Crippen molar-refractivity contribution >= 4 is 11.6 Å². The van der Waals surface area contributed by atoms with Gasteiger partial charge in [-0.3, -0.25) is 9.59 Å². The zero-order valence-electron chi connectivity index (χ0n) is 16.8. The van der Waals surface area contributed by atoms with Gasteiger partial charge in [-0.1, -0.05) is 0 Å². The van der Waals surface area contributed by atoms with E-state index in [1.54, 1.807) is 0 Å². The molecule has 1 aliphatic heterocycles. The second-order valence-corrected chi connectivity index (χ2v) is 7.57. The predicted molar refractivity (Wildman–Crippen MR) is 105 cm³/mol. The number of benzene rings is 2. The van der Waals surface area contributed by atoms with Gasteiger partial charge in [0, 0.05) is 11.1 Å². The van der Waals surface area contributed by atoms with Crippen LogP contribution in [0.3, 0.4) is 0 Å². The molecule has 2 aromatic carbocycles. The smallest absolute Gasteiger partial charge is 0.261 e. The van der Waals surface area contributed by atoms with Crippen molar-refractivity contribution < 1.29 is 70.5 Å². The molecule has 184 valence electrons. The third-order valence-electron chi connectivity index (χ3n) is 5.32. The van der Waals surface area contributed by atoms with E-state index in [0.29, 0.717) is 24.3 Å². The molecule has 0 bridgehead atoms. The molecular formula is C20H20O14. The molecule has 0 aliphatic carbocycles. The summed E-state index contributed by atoms with van der Waals surface area (Å²) < 4.78 is 4.96. The number of hydrogen-bond donors (Lipinski definition) is 11. The molecule has 1 heterocycles. The number of ketones is 2. The van der Waals surface area contributed by atoms with Crippen molar-refractivity contribution in [2.75, 3.05) is 0 Å². The number of carbonyl (C=O) groups excluding carboxylic acids is 2. The monoisotopic (exact) mass is 484 g/mol. The highest BCUT2D eigenvalue weighted by molar-refractivity contribution is 6.03. The molecule has 1 fully saturated rings. The van der Waals surface area contributed by atoms with E-state index < -0.39 is 93.5 Å². The van der Waals surface area contributed by atoms with Gasteiger partial charge in [0.25, 0.3) is 5.79 Å². The average Bonchev–Trinajstić information content (AvgIpc) is 2.79. The van der Waals surface area contributed by atoms with Gasteiger partial charge < -0.3 is 60.9 Å². The number of Topliss-reactive ketones (excluding diaryl/α,β-unsaturated/α-hetero) is 2. The Morgan fingerprint density at radius 2 is 1.18 bits per heavy atom. The van der Waals surface area contributed by atoms with Gasteiger partial charge in [-0.2, -0.15) is 0 Å². The van der Waals surface area contributed by atoms with Crippen molar-refractivity contribution in [3.63, 3.8) is 0 Å². The minimum absolute atomic E-state index is 0.571. The first-order chi connectivity index (χ1) is 15.7. The highest BCUT2D eigenvalue weighted by Gasteiger charge is 2.59. The van der Waals surface area contributed by atoms with E-state index >= 15 is 0 Å². The van der Waals surface area contributed by atoms with Gasteiger partial charge in [-0.15, -0.1) is 0 Å². The molecule has 6 atom stereocenters. The Hall–Kier alpha value is -3.66. The first-order valence-corrected chi connectivity index (χ1v) is 9.42. The molecular weight excluding hydrogens is 464 g/mol. The SMILES string of the molecule is O=C(c1cc(O)c(O)c(O)c1)C(O)[C@H]1OC(O)(C(=O)c2cc(O)c(O)c(O)c2)[C@H](O)[C@@H](O)[C@@H]1O. The lowest BCUT2D eigenvalue weighted by Gasteiger charge is -2.45. The minimum Gasteiger partial charge on any atom is -0.504 e. The molecule has 1 saturated heterocycles. The summed E-state index contributed by atoms with van der Waals surface area (Å²) in [5.74, 6) is -12.3. The summed E-state index contributed by atoms with van der Waals surface area (Å²) in [6, 6.07) is 2.42. The van der Waals surface area contributed by atoms with E-state index in [4.69, 9.17) is 4.74 Å². The summed E-state index contributed by atoms with van der Waals surface area (Å²) in [4.78, 5) is 25.5. The molecule has 1 aliphatic rings. The normalized spacial score (nSPS) is 27.8. The van der Waals surface area contributed by atoms with Gasteiger partial charge in [0.2, 0.25) is 5.78 Å². The Morgan fingerprint density at radius 3 is 1.62 bits per heavy atom. The third kappa shape index (κ3) is 3.94. The zero-order chi connectivity index (χ0) is 25.7. The first kappa shape index (κ1) is 25.0.